The van der Waals surface area contributed by atoms with Crippen LogP contribution in [0.25, 0.3) is 0 Å². The van der Waals surface area contributed by atoms with Crippen molar-refractivity contribution in [1.82, 2.24) is 5.32 Å². The lowest BCUT2D eigenvalue weighted by molar-refractivity contribution is -0.140. The highest BCUT2D eigenvalue weighted by atomic mass is 16.4. The van der Waals surface area contributed by atoms with Gasteiger partial charge >= 0.3 is 5.97 Å². The largest absolute Gasteiger partial charge is 0.481 e. The number of carboxylic acid groups (broad SMARTS) is 1. The van der Waals surface area contributed by atoms with Gasteiger partial charge in [-0.1, -0.05) is 19.8 Å². The molecule has 1 fully saturated rings. The summed E-state index contributed by atoms with van der Waals surface area (Å²) in [5.74, 6) is -1.17. The molecule has 0 aromatic rings. The molecule has 5 N–H and O–H groups in total. The molecule has 1 rings (SSSR count). The highest BCUT2D eigenvalue weighted by molar-refractivity contribution is 5.86. The molecule has 1 aliphatic rings. The van der Waals surface area contributed by atoms with Crippen LogP contribution in [0, 0.1) is 5.92 Å². The van der Waals surface area contributed by atoms with Gasteiger partial charge in [0.2, 0.25) is 5.91 Å². The molecule has 1 saturated carbocycles. The summed E-state index contributed by atoms with van der Waals surface area (Å²) in [4.78, 5) is 22.3. The van der Waals surface area contributed by atoms with Crippen LogP contribution < -0.4 is 11.1 Å². The fourth-order valence-electron chi connectivity index (χ4n) is 2.59. The van der Waals surface area contributed by atoms with Gasteiger partial charge < -0.3 is 21.3 Å². The number of aliphatic hydroxyl groups excluding tert-OH is 1. The van der Waals surface area contributed by atoms with E-state index in [-0.39, 0.29) is 6.61 Å². The fourth-order valence-corrected chi connectivity index (χ4v) is 2.59. The quantitative estimate of drug-likeness (QED) is 0.547. The van der Waals surface area contributed by atoms with Crippen molar-refractivity contribution in [2.24, 2.45) is 11.7 Å². The minimum Gasteiger partial charge on any atom is -0.481 e. The minimum atomic E-state index is -1.10. The lowest BCUT2D eigenvalue weighted by Crippen LogP contribution is -2.57. The third kappa shape index (κ3) is 3.96. The first-order chi connectivity index (χ1) is 8.38. The molecular weight excluding hydrogens is 236 g/mol. The van der Waals surface area contributed by atoms with Crippen molar-refractivity contribution < 1.29 is 19.8 Å². The molecule has 6 heteroatoms. The van der Waals surface area contributed by atoms with Gasteiger partial charge in [-0.2, -0.15) is 0 Å². The van der Waals surface area contributed by atoms with Crippen LogP contribution in [0.1, 0.15) is 39.0 Å². The lowest BCUT2D eigenvalue weighted by Gasteiger charge is -2.39. The Hall–Kier alpha value is -1.14. The first-order valence-electron chi connectivity index (χ1n) is 6.29. The van der Waals surface area contributed by atoms with Gasteiger partial charge in [0.1, 0.15) is 0 Å². The molecule has 0 aromatic carbocycles. The zero-order chi connectivity index (χ0) is 13.8. The number of carboxylic acids is 1. The second-order valence-electron chi connectivity index (χ2n) is 5.33. The number of nitrogens with two attached hydrogens (primary N) is 1. The van der Waals surface area contributed by atoms with Crippen molar-refractivity contribution in [2.75, 3.05) is 6.61 Å². The van der Waals surface area contributed by atoms with Gasteiger partial charge in [-0.3, -0.25) is 9.59 Å². The first-order valence-corrected chi connectivity index (χ1v) is 6.29. The van der Waals surface area contributed by atoms with Gasteiger partial charge in [-0.15, -0.1) is 0 Å². The Kier molecular flexibility index (Phi) is 5.10. The van der Waals surface area contributed by atoms with E-state index in [9.17, 15) is 14.7 Å². The van der Waals surface area contributed by atoms with Crippen molar-refractivity contribution >= 4 is 11.9 Å². The summed E-state index contributed by atoms with van der Waals surface area (Å²) in [5, 5.41) is 20.8. The molecule has 18 heavy (non-hydrogen) atoms. The maximum atomic E-state index is 11.8. The number of nitrogens with one attached hydrogen (secondary N) is 1. The van der Waals surface area contributed by atoms with E-state index in [2.05, 4.69) is 12.2 Å². The predicted molar refractivity (Wildman–Crippen MR) is 65.8 cm³/mol. The van der Waals surface area contributed by atoms with Crippen molar-refractivity contribution in [2.45, 2.75) is 50.6 Å². The van der Waals surface area contributed by atoms with E-state index >= 15 is 0 Å². The van der Waals surface area contributed by atoms with Crippen molar-refractivity contribution in [1.29, 1.82) is 0 Å². The number of aliphatic hydroxyl groups is 1. The third-order valence-corrected chi connectivity index (χ3v) is 3.51. The minimum absolute atomic E-state index is 0.136. The normalized spacial score (nSPS) is 29.6. The molecule has 0 saturated heterocycles. The number of carbonyl (C=O) groups excluding carboxylic acids is 1. The highest BCUT2D eigenvalue weighted by Crippen LogP contribution is 2.31. The van der Waals surface area contributed by atoms with E-state index in [1.807, 2.05) is 0 Å². The van der Waals surface area contributed by atoms with Crippen LogP contribution in [0.5, 0.6) is 0 Å². The number of hydrogen-bond acceptors (Lipinski definition) is 4. The second-order valence-corrected chi connectivity index (χ2v) is 5.33. The fraction of sp³-hybridized carbons (Fsp3) is 0.833. The van der Waals surface area contributed by atoms with Crippen molar-refractivity contribution in [3.05, 3.63) is 0 Å². The van der Waals surface area contributed by atoms with Crippen molar-refractivity contribution in [3.8, 4) is 0 Å². The number of amides is 1. The van der Waals surface area contributed by atoms with E-state index in [0.717, 1.165) is 12.8 Å². The molecule has 0 aromatic heterocycles. The summed E-state index contributed by atoms with van der Waals surface area (Å²) < 4.78 is 0. The standard InChI is InChI=1S/C12H22N2O4/c1-8-3-2-4-12(6-8,7-15)14-11(18)9(13)5-10(16)17/h8-9,15H,2-7,13H2,1H3,(H,14,18)(H,16,17). The highest BCUT2D eigenvalue weighted by Gasteiger charge is 2.36. The topological polar surface area (TPSA) is 113 Å². The number of rotatable bonds is 5. The molecule has 0 radical (unpaired) electrons. The van der Waals surface area contributed by atoms with Gasteiger partial charge in [0.25, 0.3) is 0 Å². The van der Waals surface area contributed by atoms with Crippen LogP contribution >= 0.6 is 0 Å². The lowest BCUT2D eigenvalue weighted by atomic mass is 9.76. The monoisotopic (exact) mass is 258 g/mol. The van der Waals surface area contributed by atoms with Crippen LogP contribution in [0.3, 0.4) is 0 Å². The maximum absolute atomic E-state index is 11.8. The molecule has 3 unspecified atom stereocenters. The van der Waals surface area contributed by atoms with Crippen LogP contribution in [0.2, 0.25) is 0 Å². The summed E-state index contributed by atoms with van der Waals surface area (Å²) in [6.45, 7) is 1.94. The number of hydrogen-bond donors (Lipinski definition) is 4. The molecule has 0 heterocycles. The van der Waals surface area contributed by atoms with Crippen molar-refractivity contribution in [3.63, 3.8) is 0 Å². The Morgan fingerprint density at radius 3 is 2.72 bits per heavy atom. The van der Waals surface area contributed by atoms with Gasteiger partial charge in [-0.05, 0) is 18.8 Å². The Balaban J connectivity index is 2.61. The molecule has 6 nitrogen and oxygen atoms in total. The van der Waals surface area contributed by atoms with E-state index < -0.39 is 29.9 Å². The zero-order valence-electron chi connectivity index (χ0n) is 10.7. The van der Waals surface area contributed by atoms with Gasteiger partial charge in [0.15, 0.2) is 0 Å². The molecule has 0 spiro atoms. The number of carbonyl (C=O) groups is 2. The van der Waals surface area contributed by atoms with E-state index in [0.29, 0.717) is 18.8 Å². The smallest absolute Gasteiger partial charge is 0.305 e. The summed E-state index contributed by atoms with van der Waals surface area (Å²) >= 11 is 0. The average Bonchev–Trinajstić information content (AvgIpc) is 2.28. The molecule has 104 valence electrons. The summed E-state index contributed by atoms with van der Waals surface area (Å²) in [6, 6.07) is -1.07. The molecule has 1 amide bonds. The zero-order valence-corrected chi connectivity index (χ0v) is 10.7. The second kappa shape index (κ2) is 6.15. The average molecular weight is 258 g/mol. The van der Waals surface area contributed by atoms with E-state index in [1.54, 1.807) is 0 Å². The number of aliphatic carboxylic acids is 1. The van der Waals surface area contributed by atoms with E-state index in [1.165, 1.54) is 0 Å². The molecule has 0 bridgehead atoms. The van der Waals surface area contributed by atoms with Crippen LogP contribution in [0.15, 0.2) is 0 Å². The Bertz CT molecular complexity index is 321. The maximum Gasteiger partial charge on any atom is 0.305 e. The molecular formula is C12H22N2O4. The predicted octanol–water partition coefficient (Wildman–Crippen LogP) is -0.154. The van der Waals surface area contributed by atoms with Gasteiger partial charge in [0.05, 0.1) is 24.6 Å². The van der Waals surface area contributed by atoms with Crippen LogP contribution in [-0.4, -0.2) is 40.3 Å². The van der Waals surface area contributed by atoms with Crippen LogP contribution in [0.4, 0.5) is 0 Å². The Morgan fingerprint density at radius 1 is 1.56 bits per heavy atom. The first kappa shape index (κ1) is 14.9. The van der Waals surface area contributed by atoms with Gasteiger partial charge in [-0.25, -0.2) is 0 Å². The summed E-state index contributed by atoms with van der Waals surface area (Å²) in [6.07, 6.45) is 3.03. The van der Waals surface area contributed by atoms with Crippen LogP contribution in [-0.2, 0) is 9.59 Å². The van der Waals surface area contributed by atoms with E-state index in [4.69, 9.17) is 10.8 Å². The van der Waals surface area contributed by atoms with Gasteiger partial charge in [0, 0.05) is 0 Å². The summed E-state index contributed by atoms with van der Waals surface area (Å²) in [7, 11) is 0. The molecule has 1 aliphatic carbocycles. The third-order valence-electron chi connectivity index (χ3n) is 3.51. The molecule has 3 atom stereocenters. The Morgan fingerprint density at radius 2 is 2.22 bits per heavy atom. The summed E-state index contributed by atoms with van der Waals surface area (Å²) in [5.41, 5.74) is 4.88. The SMILES string of the molecule is CC1CCCC(CO)(NC(=O)C(N)CC(=O)O)C1. The Labute approximate surface area is 107 Å². The molecule has 0 aliphatic heterocycles.